The lowest BCUT2D eigenvalue weighted by molar-refractivity contribution is 0.264. The summed E-state index contributed by atoms with van der Waals surface area (Å²) in [7, 11) is 2.62. The van der Waals surface area contributed by atoms with Gasteiger partial charge < -0.3 is 14.6 Å². The molecule has 0 aromatic rings. The zero-order valence-electron chi connectivity index (χ0n) is 8.51. The molecule has 5 heteroatoms. The van der Waals surface area contributed by atoms with Crippen LogP contribution < -0.4 is 0 Å². The summed E-state index contributed by atoms with van der Waals surface area (Å²) in [5.41, 5.74) is -0.393. The molecule has 1 aliphatic carbocycles. The third kappa shape index (κ3) is 2.36. The monoisotopic (exact) mass is 218 g/mol. The van der Waals surface area contributed by atoms with Gasteiger partial charge in [-0.3, -0.25) is 0 Å². The van der Waals surface area contributed by atoms with Gasteiger partial charge in [-0.2, -0.15) is 0 Å². The number of ether oxygens (including phenoxy) is 2. The van der Waals surface area contributed by atoms with Crippen molar-refractivity contribution in [1.82, 2.24) is 0 Å². The van der Waals surface area contributed by atoms with Gasteiger partial charge in [0.05, 0.1) is 27.2 Å². The largest absolute Gasteiger partial charge is 0.501 e. The van der Waals surface area contributed by atoms with Crippen molar-refractivity contribution in [2.75, 3.05) is 20.8 Å². The van der Waals surface area contributed by atoms with Crippen molar-refractivity contribution in [3.05, 3.63) is 34.8 Å². The van der Waals surface area contributed by atoms with Gasteiger partial charge in [0.25, 0.3) is 0 Å². The molecule has 1 rings (SSSR count). The van der Waals surface area contributed by atoms with Crippen LogP contribution in [0.4, 0.5) is 8.78 Å². The molecule has 0 aromatic heterocycles. The van der Waals surface area contributed by atoms with E-state index in [0.29, 0.717) is 0 Å². The first-order chi connectivity index (χ1) is 7.13. The first-order valence-electron chi connectivity index (χ1n) is 4.31. The van der Waals surface area contributed by atoms with Crippen molar-refractivity contribution in [3.8, 4) is 0 Å². The lowest BCUT2D eigenvalue weighted by Crippen LogP contribution is -1.97. The minimum atomic E-state index is -0.899. The van der Waals surface area contributed by atoms with E-state index in [2.05, 4.69) is 0 Å². The highest BCUT2D eigenvalue weighted by molar-refractivity contribution is 5.39. The summed E-state index contributed by atoms with van der Waals surface area (Å²) in [5.74, 6) is -1.56. The van der Waals surface area contributed by atoms with E-state index >= 15 is 0 Å². The first kappa shape index (κ1) is 11.7. The Morgan fingerprint density at radius 1 is 1.33 bits per heavy atom. The minimum absolute atomic E-state index is 0.149. The van der Waals surface area contributed by atoms with Crippen LogP contribution in [0, 0.1) is 0 Å². The third-order valence-electron chi connectivity index (χ3n) is 2.07. The molecule has 0 saturated heterocycles. The van der Waals surface area contributed by atoms with Gasteiger partial charge in [0, 0.05) is 11.6 Å². The van der Waals surface area contributed by atoms with Crippen LogP contribution in [0.25, 0.3) is 0 Å². The van der Waals surface area contributed by atoms with E-state index in [9.17, 15) is 8.78 Å². The second-order valence-corrected chi connectivity index (χ2v) is 2.92. The molecule has 3 nitrogen and oxygen atoms in total. The van der Waals surface area contributed by atoms with Gasteiger partial charge in [-0.05, 0) is 0 Å². The summed E-state index contributed by atoms with van der Waals surface area (Å²) in [4.78, 5) is 0. The molecule has 0 bridgehead atoms. The Morgan fingerprint density at radius 3 is 2.47 bits per heavy atom. The standard InChI is InChI=1S/C10H12F2O3/c1-14-6-3-8(11)7(5-13)10(12)9(4-6)15-2/h4,13H,3,5H2,1-2H3. The smallest absolute Gasteiger partial charge is 0.173 e. The molecule has 0 radical (unpaired) electrons. The zero-order chi connectivity index (χ0) is 11.4. The fourth-order valence-electron chi connectivity index (χ4n) is 1.22. The van der Waals surface area contributed by atoms with Crippen molar-refractivity contribution < 1.29 is 23.4 Å². The molecule has 0 saturated carbocycles. The number of hydrogen-bond donors (Lipinski definition) is 1. The summed E-state index contributed by atoms with van der Waals surface area (Å²) in [5, 5.41) is 8.84. The van der Waals surface area contributed by atoms with Crippen molar-refractivity contribution >= 4 is 0 Å². The fourth-order valence-corrected chi connectivity index (χ4v) is 1.22. The summed E-state index contributed by atoms with van der Waals surface area (Å²) in [6.45, 7) is -0.713. The Morgan fingerprint density at radius 2 is 2.00 bits per heavy atom. The Balaban J connectivity index is 3.23. The van der Waals surface area contributed by atoms with Gasteiger partial charge in [0.1, 0.15) is 11.6 Å². The minimum Gasteiger partial charge on any atom is -0.501 e. The Hall–Kier alpha value is -1.36. The first-order valence-corrected chi connectivity index (χ1v) is 4.31. The molecule has 1 N–H and O–H groups in total. The number of hydrogen-bond acceptors (Lipinski definition) is 3. The maximum absolute atomic E-state index is 13.5. The number of allylic oxidation sites excluding steroid dienone is 2. The van der Waals surface area contributed by atoms with Crippen LogP contribution in [-0.2, 0) is 9.47 Å². The molecule has 0 atom stereocenters. The normalized spacial score (nSPS) is 17.5. The topological polar surface area (TPSA) is 38.7 Å². The molecule has 0 amide bonds. The Kier molecular flexibility index (Phi) is 3.85. The van der Waals surface area contributed by atoms with Crippen LogP contribution in [0.2, 0.25) is 0 Å². The summed E-state index contributed by atoms with van der Waals surface area (Å²) in [6.07, 6.45) is 1.07. The lowest BCUT2D eigenvalue weighted by Gasteiger charge is -2.04. The van der Waals surface area contributed by atoms with E-state index in [4.69, 9.17) is 14.6 Å². The van der Waals surface area contributed by atoms with E-state index in [1.807, 2.05) is 0 Å². The average Bonchev–Trinajstić information content (AvgIpc) is 2.35. The number of aliphatic hydroxyl groups is 1. The van der Waals surface area contributed by atoms with Crippen molar-refractivity contribution in [2.45, 2.75) is 6.42 Å². The Bertz CT molecular complexity index is 343. The van der Waals surface area contributed by atoms with E-state index in [1.54, 1.807) is 0 Å². The van der Waals surface area contributed by atoms with E-state index in [0.717, 1.165) is 0 Å². The quantitative estimate of drug-likeness (QED) is 0.787. The molecule has 0 unspecified atom stereocenters. The number of rotatable bonds is 3. The lowest BCUT2D eigenvalue weighted by atomic mass is 10.2. The van der Waals surface area contributed by atoms with Crippen LogP contribution in [0.3, 0.4) is 0 Å². The predicted molar refractivity (Wildman–Crippen MR) is 50.1 cm³/mol. The fraction of sp³-hybridized carbons (Fsp3) is 0.400. The molecular weight excluding hydrogens is 206 g/mol. The molecule has 1 aliphatic rings. The molecule has 84 valence electrons. The number of aliphatic hydroxyl groups excluding tert-OH is 1. The second kappa shape index (κ2) is 4.93. The van der Waals surface area contributed by atoms with Crippen LogP contribution in [0.1, 0.15) is 6.42 Å². The highest BCUT2D eigenvalue weighted by Crippen LogP contribution is 2.30. The van der Waals surface area contributed by atoms with Gasteiger partial charge >= 0.3 is 0 Å². The van der Waals surface area contributed by atoms with Crippen molar-refractivity contribution in [1.29, 1.82) is 0 Å². The van der Waals surface area contributed by atoms with Gasteiger partial charge in [-0.15, -0.1) is 0 Å². The van der Waals surface area contributed by atoms with Crippen LogP contribution >= 0.6 is 0 Å². The summed E-state index contributed by atoms with van der Waals surface area (Å²) in [6, 6.07) is 0. The maximum Gasteiger partial charge on any atom is 0.173 e. The molecule has 0 spiro atoms. The molecule has 0 aromatic carbocycles. The highest BCUT2D eigenvalue weighted by atomic mass is 19.1. The van der Waals surface area contributed by atoms with Gasteiger partial charge in [-0.1, -0.05) is 0 Å². The number of halogens is 2. The predicted octanol–water partition coefficient (Wildman–Crippen LogP) is 1.96. The van der Waals surface area contributed by atoms with Gasteiger partial charge in [-0.25, -0.2) is 8.78 Å². The van der Waals surface area contributed by atoms with Gasteiger partial charge in [0.15, 0.2) is 11.6 Å². The molecule has 0 heterocycles. The van der Waals surface area contributed by atoms with Crippen LogP contribution in [0.15, 0.2) is 34.8 Å². The zero-order valence-corrected chi connectivity index (χ0v) is 8.51. The SMILES string of the molecule is COC1=CC(OC)=C(F)C(CO)=C(F)C1. The maximum atomic E-state index is 13.5. The van der Waals surface area contributed by atoms with Crippen LogP contribution in [0.5, 0.6) is 0 Å². The molecule has 0 fully saturated rings. The van der Waals surface area contributed by atoms with Gasteiger partial charge in [0.2, 0.25) is 0 Å². The average molecular weight is 218 g/mol. The Labute approximate surface area is 86.3 Å². The second-order valence-electron chi connectivity index (χ2n) is 2.92. The third-order valence-corrected chi connectivity index (χ3v) is 2.07. The molecule has 0 aliphatic heterocycles. The summed E-state index contributed by atoms with van der Waals surface area (Å²) < 4.78 is 36.5. The van der Waals surface area contributed by atoms with Crippen molar-refractivity contribution in [2.24, 2.45) is 0 Å². The molecule has 15 heavy (non-hydrogen) atoms. The van der Waals surface area contributed by atoms with E-state index < -0.39 is 23.8 Å². The van der Waals surface area contributed by atoms with Crippen molar-refractivity contribution in [3.63, 3.8) is 0 Å². The van der Waals surface area contributed by atoms with Crippen LogP contribution in [-0.4, -0.2) is 25.9 Å². The van der Waals surface area contributed by atoms with E-state index in [1.165, 1.54) is 20.3 Å². The highest BCUT2D eigenvalue weighted by Gasteiger charge is 2.21. The summed E-state index contributed by atoms with van der Waals surface area (Å²) >= 11 is 0. The number of methoxy groups -OCH3 is 2. The molecular formula is C10H12F2O3. The van der Waals surface area contributed by atoms with E-state index in [-0.39, 0.29) is 17.9 Å².